The Morgan fingerprint density at radius 3 is 2.79 bits per heavy atom. The summed E-state index contributed by atoms with van der Waals surface area (Å²) >= 11 is 0. The monoisotopic (exact) mass is 268 g/mol. The number of rotatable bonds is 7. The van der Waals surface area contributed by atoms with Crippen LogP contribution in [0.15, 0.2) is 18.3 Å². The molecule has 0 radical (unpaired) electrons. The Balaban J connectivity index is 2.66. The molecule has 0 saturated heterocycles. The van der Waals surface area contributed by atoms with Gasteiger partial charge >= 0.3 is 5.97 Å². The third-order valence-electron chi connectivity index (χ3n) is 2.60. The van der Waals surface area contributed by atoms with Crippen molar-refractivity contribution in [2.75, 3.05) is 33.9 Å². The number of esters is 1. The third-order valence-corrected chi connectivity index (χ3v) is 2.60. The molecule has 0 unspecified atom stereocenters. The number of hydrogen-bond acceptors (Lipinski definition) is 4. The van der Waals surface area contributed by atoms with Crippen LogP contribution in [0.3, 0.4) is 0 Å². The molecule has 0 fully saturated rings. The molecule has 0 aromatic carbocycles. The number of aromatic nitrogens is 1. The van der Waals surface area contributed by atoms with Gasteiger partial charge in [-0.15, -0.1) is 0 Å². The summed E-state index contributed by atoms with van der Waals surface area (Å²) in [5.74, 6) is -0.623. The van der Waals surface area contributed by atoms with Gasteiger partial charge in [0.15, 0.2) is 0 Å². The van der Waals surface area contributed by atoms with Gasteiger partial charge in [-0.2, -0.15) is 0 Å². The minimum atomic E-state index is -0.409. The van der Waals surface area contributed by atoms with Crippen LogP contribution in [0.25, 0.3) is 0 Å². The first kappa shape index (κ1) is 15.2. The van der Waals surface area contributed by atoms with E-state index < -0.39 is 5.97 Å². The quantitative estimate of drug-likeness (QED) is 0.685. The zero-order valence-corrected chi connectivity index (χ0v) is 11.6. The Morgan fingerprint density at radius 1 is 1.42 bits per heavy atom. The van der Waals surface area contributed by atoms with Crippen molar-refractivity contribution in [3.63, 3.8) is 0 Å². The molecule has 0 aliphatic rings. The molecule has 0 atom stereocenters. The molecule has 1 amide bonds. The lowest BCUT2D eigenvalue weighted by Gasteiger charge is -2.17. The van der Waals surface area contributed by atoms with Gasteiger partial charge in [0.05, 0.1) is 13.2 Å². The van der Waals surface area contributed by atoms with Gasteiger partial charge in [0.2, 0.25) is 0 Å². The molecule has 0 N–H and O–H groups in total. The van der Waals surface area contributed by atoms with Gasteiger partial charge < -0.3 is 18.9 Å². The maximum Gasteiger partial charge on any atom is 0.325 e. The third kappa shape index (κ3) is 4.40. The first-order valence-electron chi connectivity index (χ1n) is 6.15. The van der Waals surface area contributed by atoms with E-state index >= 15 is 0 Å². The van der Waals surface area contributed by atoms with Gasteiger partial charge in [-0.3, -0.25) is 9.59 Å². The zero-order valence-electron chi connectivity index (χ0n) is 11.6. The predicted octanol–water partition coefficient (Wildman–Crippen LogP) is 0.770. The van der Waals surface area contributed by atoms with E-state index in [4.69, 9.17) is 9.47 Å². The largest absolute Gasteiger partial charge is 0.465 e. The molecule has 106 valence electrons. The molecule has 6 heteroatoms. The molecule has 0 aliphatic carbocycles. The van der Waals surface area contributed by atoms with Crippen LogP contribution in [0, 0.1) is 0 Å². The van der Waals surface area contributed by atoms with E-state index in [9.17, 15) is 9.59 Å². The maximum absolute atomic E-state index is 12.2. The molecule has 6 nitrogen and oxygen atoms in total. The number of carbonyl (C=O) groups is 2. The van der Waals surface area contributed by atoms with Crippen molar-refractivity contribution in [3.8, 4) is 0 Å². The lowest BCUT2D eigenvalue weighted by Crippen LogP contribution is -2.34. The number of ether oxygens (including phenoxy) is 2. The van der Waals surface area contributed by atoms with E-state index in [2.05, 4.69) is 0 Å². The first-order valence-corrected chi connectivity index (χ1v) is 6.15. The minimum absolute atomic E-state index is 0.0534. The highest BCUT2D eigenvalue weighted by atomic mass is 16.5. The fraction of sp³-hybridized carbons (Fsp3) is 0.538. The number of nitrogens with zero attached hydrogens (tertiary/aromatic N) is 2. The van der Waals surface area contributed by atoms with Gasteiger partial charge in [-0.25, -0.2) is 0 Å². The van der Waals surface area contributed by atoms with Crippen molar-refractivity contribution in [2.24, 2.45) is 0 Å². The summed E-state index contributed by atoms with van der Waals surface area (Å²) in [5.41, 5.74) is 0.531. The van der Waals surface area contributed by atoms with Crippen LogP contribution >= 0.6 is 0 Å². The van der Waals surface area contributed by atoms with E-state index in [0.717, 1.165) is 0 Å². The highest BCUT2D eigenvalue weighted by Gasteiger charge is 2.18. The van der Waals surface area contributed by atoms with Crippen LogP contribution in [-0.2, 0) is 20.8 Å². The van der Waals surface area contributed by atoms with Crippen LogP contribution in [-0.4, -0.2) is 55.3 Å². The summed E-state index contributed by atoms with van der Waals surface area (Å²) in [4.78, 5) is 24.9. The second kappa shape index (κ2) is 7.58. The van der Waals surface area contributed by atoms with Crippen molar-refractivity contribution >= 4 is 11.9 Å². The molecule has 1 aromatic heterocycles. The second-order valence-corrected chi connectivity index (χ2v) is 4.05. The van der Waals surface area contributed by atoms with E-state index in [0.29, 0.717) is 25.5 Å². The molecule has 0 aliphatic heterocycles. The Labute approximate surface area is 112 Å². The van der Waals surface area contributed by atoms with Gasteiger partial charge in [-0.1, -0.05) is 0 Å². The summed E-state index contributed by atoms with van der Waals surface area (Å²) in [7, 11) is 3.19. The summed E-state index contributed by atoms with van der Waals surface area (Å²) in [6.07, 6.45) is 1.81. The van der Waals surface area contributed by atoms with Crippen LogP contribution in [0.5, 0.6) is 0 Å². The molecule has 0 spiro atoms. The van der Waals surface area contributed by atoms with E-state index in [1.807, 2.05) is 6.20 Å². The number of amides is 1. The average Bonchev–Trinajstić information content (AvgIpc) is 2.83. The van der Waals surface area contributed by atoms with Crippen molar-refractivity contribution in [2.45, 2.75) is 13.5 Å². The van der Waals surface area contributed by atoms with Crippen molar-refractivity contribution in [1.82, 2.24) is 9.47 Å². The molecule has 0 bridgehead atoms. The Hall–Kier alpha value is -1.82. The van der Waals surface area contributed by atoms with Crippen LogP contribution in [0.1, 0.15) is 17.4 Å². The molecular formula is C13H20N2O4. The van der Waals surface area contributed by atoms with Gasteiger partial charge in [0.25, 0.3) is 5.91 Å². The zero-order chi connectivity index (χ0) is 14.3. The minimum Gasteiger partial charge on any atom is -0.465 e. The molecule has 0 saturated carbocycles. The number of hydrogen-bond donors (Lipinski definition) is 0. The molecule has 1 aromatic rings. The molecular weight excluding hydrogens is 248 g/mol. The lowest BCUT2D eigenvalue weighted by atomic mass is 10.3. The Morgan fingerprint density at radius 2 is 2.16 bits per heavy atom. The normalized spacial score (nSPS) is 10.3. The molecule has 1 heterocycles. The average molecular weight is 268 g/mol. The Kier molecular flexibility index (Phi) is 6.08. The van der Waals surface area contributed by atoms with E-state index in [1.54, 1.807) is 37.8 Å². The summed E-state index contributed by atoms with van der Waals surface area (Å²) < 4.78 is 11.6. The SMILES string of the molecule is CCOC(=O)CN(C)C(=O)c1cccn1CCOC. The first-order chi connectivity index (χ1) is 9.10. The summed E-state index contributed by atoms with van der Waals surface area (Å²) in [6, 6.07) is 3.51. The highest BCUT2D eigenvalue weighted by Crippen LogP contribution is 2.06. The smallest absolute Gasteiger partial charge is 0.325 e. The molecule has 19 heavy (non-hydrogen) atoms. The van der Waals surface area contributed by atoms with Gasteiger partial charge in [0.1, 0.15) is 12.2 Å². The second-order valence-electron chi connectivity index (χ2n) is 4.05. The van der Waals surface area contributed by atoms with Crippen molar-refractivity contribution in [1.29, 1.82) is 0 Å². The number of methoxy groups -OCH3 is 1. The topological polar surface area (TPSA) is 60.8 Å². The fourth-order valence-corrected chi connectivity index (χ4v) is 1.66. The molecule has 1 rings (SSSR count). The maximum atomic E-state index is 12.2. The van der Waals surface area contributed by atoms with Gasteiger partial charge in [0, 0.05) is 26.9 Å². The number of likely N-dealkylation sites (N-methyl/N-ethyl adjacent to an activating group) is 1. The summed E-state index contributed by atoms with van der Waals surface area (Å²) in [5, 5.41) is 0. The summed E-state index contributed by atoms with van der Waals surface area (Å²) in [6.45, 7) is 3.11. The Bertz CT molecular complexity index is 428. The standard InChI is InChI=1S/C13H20N2O4/c1-4-19-12(16)10-14(2)13(17)11-6-5-7-15(11)8-9-18-3/h5-7H,4,8-10H2,1-3H3. The van der Waals surface area contributed by atoms with Gasteiger partial charge in [-0.05, 0) is 19.1 Å². The van der Waals surface area contributed by atoms with Crippen LogP contribution in [0.2, 0.25) is 0 Å². The number of carbonyl (C=O) groups excluding carboxylic acids is 2. The lowest BCUT2D eigenvalue weighted by molar-refractivity contribution is -0.143. The fourth-order valence-electron chi connectivity index (χ4n) is 1.66. The van der Waals surface area contributed by atoms with Crippen LogP contribution in [0.4, 0.5) is 0 Å². The van der Waals surface area contributed by atoms with Crippen LogP contribution < -0.4 is 0 Å². The highest BCUT2D eigenvalue weighted by molar-refractivity contribution is 5.94. The van der Waals surface area contributed by atoms with Crippen molar-refractivity contribution < 1.29 is 19.1 Å². The van der Waals surface area contributed by atoms with Crippen molar-refractivity contribution in [3.05, 3.63) is 24.0 Å². The predicted molar refractivity (Wildman–Crippen MR) is 69.9 cm³/mol. The van der Waals surface area contributed by atoms with E-state index in [-0.39, 0.29) is 12.5 Å². The van der Waals surface area contributed by atoms with E-state index in [1.165, 1.54) is 4.90 Å².